The number of hydrogen-bond donors (Lipinski definition) is 1. The highest BCUT2D eigenvalue weighted by molar-refractivity contribution is 5.85. The Hall–Kier alpha value is -5.16. The van der Waals surface area contributed by atoms with Crippen molar-refractivity contribution >= 4 is 11.9 Å². The van der Waals surface area contributed by atoms with E-state index in [-0.39, 0.29) is 32.5 Å². The number of rotatable bonds is 18. The molecule has 0 radical (unpaired) electrons. The van der Waals surface area contributed by atoms with E-state index in [4.69, 9.17) is 28.4 Å². The van der Waals surface area contributed by atoms with Crippen molar-refractivity contribution in [1.82, 2.24) is 5.32 Å². The Morgan fingerprint density at radius 3 is 1.36 bits per heavy atom. The zero-order valence-electron chi connectivity index (χ0n) is 31.3. The van der Waals surface area contributed by atoms with Crippen LogP contribution < -0.4 is 5.32 Å². The lowest BCUT2D eigenvalue weighted by molar-refractivity contribution is -0.323. The fraction of sp³-hybridized carbons (Fsp3) is 0.304. The summed E-state index contributed by atoms with van der Waals surface area (Å²) in [6, 6.07) is 48.5. The van der Waals surface area contributed by atoms with E-state index in [1.165, 1.54) is 0 Å². The van der Waals surface area contributed by atoms with Gasteiger partial charge in [0.1, 0.15) is 18.3 Å². The molecular weight excluding hydrogens is 695 g/mol. The van der Waals surface area contributed by atoms with Gasteiger partial charge in [-0.05, 0) is 48.1 Å². The van der Waals surface area contributed by atoms with Gasteiger partial charge in [0.05, 0.1) is 26.4 Å². The molecule has 1 N–H and O–H groups in total. The van der Waals surface area contributed by atoms with Gasteiger partial charge in [-0.15, -0.1) is 0 Å². The third kappa shape index (κ3) is 11.9. The van der Waals surface area contributed by atoms with Crippen LogP contribution in [0.2, 0.25) is 0 Å². The smallest absolute Gasteiger partial charge is 0.339 e. The van der Waals surface area contributed by atoms with Crippen LogP contribution in [0.25, 0.3) is 0 Å². The van der Waals surface area contributed by atoms with Gasteiger partial charge in [0.25, 0.3) is 5.91 Å². The summed E-state index contributed by atoms with van der Waals surface area (Å²) in [6.45, 7) is 4.21. The first-order valence-corrected chi connectivity index (χ1v) is 18.8. The van der Waals surface area contributed by atoms with Gasteiger partial charge >= 0.3 is 5.97 Å². The number of nitrogens with one attached hydrogen (secondary N) is 1. The molecule has 7 atom stereocenters. The Morgan fingerprint density at radius 2 is 0.909 bits per heavy atom. The topological polar surface area (TPSA) is 102 Å². The Bertz CT molecular complexity index is 1860. The van der Waals surface area contributed by atoms with Crippen LogP contribution in [0.4, 0.5) is 0 Å². The maximum absolute atomic E-state index is 14.3. The number of amides is 1. The van der Waals surface area contributed by atoms with Crippen LogP contribution >= 0.6 is 0 Å². The van der Waals surface area contributed by atoms with E-state index < -0.39 is 48.7 Å². The van der Waals surface area contributed by atoms with E-state index in [0.717, 1.165) is 27.8 Å². The molecule has 0 saturated carbocycles. The van der Waals surface area contributed by atoms with E-state index in [1.807, 2.05) is 159 Å². The van der Waals surface area contributed by atoms with E-state index in [9.17, 15) is 9.59 Å². The fourth-order valence-electron chi connectivity index (χ4n) is 6.41. The average molecular weight is 744 g/mol. The zero-order chi connectivity index (χ0) is 38.2. The lowest BCUT2D eigenvalue weighted by atomic mass is 9.97. The molecule has 0 spiro atoms. The second-order valence-electron chi connectivity index (χ2n) is 13.7. The summed E-state index contributed by atoms with van der Waals surface area (Å²) in [5.74, 6) is -1.20. The summed E-state index contributed by atoms with van der Waals surface area (Å²) in [4.78, 5) is 27.6. The number of carbonyl (C=O) groups is 2. The molecule has 6 rings (SSSR count). The average Bonchev–Trinajstić information content (AvgIpc) is 3.22. The molecule has 0 bridgehead atoms. The molecule has 1 amide bonds. The van der Waals surface area contributed by atoms with Gasteiger partial charge in [-0.3, -0.25) is 4.79 Å². The molecule has 1 fully saturated rings. The van der Waals surface area contributed by atoms with E-state index in [0.29, 0.717) is 6.42 Å². The number of benzene rings is 5. The Kier molecular flexibility index (Phi) is 14.7. The molecule has 5 aromatic rings. The van der Waals surface area contributed by atoms with Crippen LogP contribution in [0.3, 0.4) is 0 Å². The minimum absolute atomic E-state index is 0.151. The van der Waals surface area contributed by atoms with Gasteiger partial charge in [0.2, 0.25) is 0 Å². The second-order valence-corrected chi connectivity index (χ2v) is 13.7. The molecule has 6 unspecified atom stereocenters. The molecule has 9 heteroatoms. The monoisotopic (exact) mass is 743 g/mol. The maximum Gasteiger partial charge on any atom is 0.339 e. The molecule has 1 heterocycles. The van der Waals surface area contributed by atoms with Crippen LogP contribution in [-0.2, 0) is 70.9 Å². The van der Waals surface area contributed by atoms with Gasteiger partial charge in [0, 0.05) is 6.04 Å². The van der Waals surface area contributed by atoms with Crippen LogP contribution in [0.5, 0.6) is 0 Å². The van der Waals surface area contributed by atoms with Crippen LogP contribution in [0, 0.1) is 0 Å². The van der Waals surface area contributed by atoms with Crippen molar-refractivity contribution in [1.29, 1.82) is 0 Å². The third-order valence-corrected chi connectivity index (χ3v) is 9.28. The molecule has 55 heavy (non-hydrogen) atoms. The predicted octanol–water partition coefficient (Wildman–Crippen LogP) is 7.36. The lowest BCUT2D eigenvalue weighted by Gasteiger charge is -2.45. The third-order valence-electron chi connectivity index (χ3n) is 9.28. The van der Waals surface area contributed by atoms with Crippen molar-refractivity contribution in [3.05, 3.63) is 179 Å². The first kappa shape index (κ1) is 39.5. The second kappa shape index (κ2) is 20.5. The van der Waals surface area contributed by atoms with Gasteiger partial charge in [-0.25, -0.2) is 4.79 Å². The van der Waals surface area contributed by atoms with Crippen LogP contribution in [0.1, 0.15) is 41.7 Å². The quantitative estimate of drug-likeness (QED) is 0.0930. The van der Waals surface area contributed by atoms with E-state index in [2.05, 4.69) is 5.32 Å². The molecule has 9 nitrogen and oxygen atoms in total. The first-order valence-electron chi connectivity index (χ1n) is 18.8. The number of ether oxygens (including phenoxy) is 6. The van der Waals surface area contributed by atoms with Gasteiger partial charge in [0.15, 0.2) is 18.5 Å². The highest BCUT2D eigenvalue weighted by atomic mass is 16.7. The fourth-order valence-corrected chi connectivity index (χ4v) is 6.41. The maximum atomic E-state index is 14.3. The van der Waals surface area contributed by atoms with E-state index >= 15 is 0 Å². The molecular formula is C46H49NO8. The summed E-state index contributed by atoms with van der Waals surface area (Å²) < 4.78 is 38.7. The SMILES string of the molecule is CC(OC(=O)C1OC(OCc2ccccc2)C(OCc2ccccc2)C(OCc2ccccc2)C1OCc1ccccc1)C(=O)N[C@@H](C)Cc1ccccc1. The molecule has 5 aromatic carbocycles. The van der Waals surface area contributed by atoms with Crippen molar-refractivity contribution in [2.24, 2.45) is 0 Å². The molecule has 286 valence electrons. The van der Waals surface area contributed by atoms with Crippen molar-refractivity contribution in [3.63, 3.8) is 0 Å². The largest absolute Gasteiger partial charge is 0.451 e. The van der Waals surface area contributed by atoms with Gasteiger partial charge in [-0.2, -0.15) is 0 Å². The Balaban J connectivity index is 1.28. The standard InChI is InChI=1S/C46H49NO8/c1-33(28-35-18-8-3-9-19-35)47-44(48)34(2)54-45(49)42-40(50-29-36-20-10-4-11-21-36)41(51-30-37-22-12-5-13-23-37)43(52-31-38-24-14-6-15-25-38)46(55-42)53-32-39-26-16-7-17-27-39/h3-27,33-34,40-43,46H,28-32H2,1-2H3,(H,47,48)/t33-,34?,40?,41?,42?,43?,46?/m0/s1. The van der Waals surface area contributed by atoms with E-state index in [1.54, 1.807) is 6.92 Å². The van der Waals surface area contributed by atoms with Gasteiger partial charge in [-0.1, -0.05) is 152 Å². The van der Waals surface area contributed by atoms with Crippen LogP contribution in [0.15, 0.2) is 152 Å². The van der Waals surface area contributed by atoms with Crippen molar-refractivity contribution in [2.45, 2.75) is 89.5 Å². The summed E-state index contributed by atoms with van der Waals surface area (Å²) in [7, 11) is 0. The molecule has 1 aliphatic rings. The summed E-state index contributed by atoms with van der Waals surface area (Å²) in [5, 5.41) is 2.97. The Labute approximate surface area is 323 Å². The first-order chi connectivity index (χ1) is 26.9. The summed E-state index contributed by atoms with van der Waals surface area (Å²) >= 11 is 0. The predicted molar refractivity (Wildman–Crippen MR) is 208 cm³/mol. The van der Waals surface area contributed by atoms with Crippen molar-refractivity contribution in [3.8, 4) is 0 Å². The molecule has 1 saturated heterocycles. The van der Waals surface area contributed by atoms with Crippen molar-refractivity contribution < 1.29 is 38.0 Å². The zero-order valence-corrected chi connectivity index (χ0v) is 31.3. The normalized spacial score (nSPS) is 20.6. The molecule has 1 aliphatic heterocycles. The molecule has 0 aliphatic carbocycles. The number of esters is 1. The molecule has 0 aromatic heterocycles. The Morgan fingerprint density at radius 1 is 0.527 bits per heavy atom. The van der Waals surface area contributed by atoms with Gasteiger partial charge < -0.3 is 33.7 Å². The highest BCUT2D eigenvalue weighted by Gasteiger charge is 2.52. The minimum atomic E-state index is -1.33. The highest BCUT2D eigenvalue weighted by Crippen LogP contribution is 2.32. The minimum Gasteiger partial charge on any atom is -0.451 e. The van der Waals surface area contributed by atoms with Crippen molar-refractivity contribution in [2.75, 3.05) is 0 Å². The van der Waals surface area contributed by atoms with Crippen LogP contribution in [-0.4, -0.2) is 54.7 Å². The summed E-state index contributed by atoms with van der Waals surface area (Å²) in [6.07, 6.45) is -5.62. The summed E-state index contributed by atoms with van der Waals surface area (Å²) in [5.41, 5.74) is 4.75. The number of carbonyl (C=O) groups excluding carboxylic acids is 2. The number of hydrogen-bond acceptors (Lipinski definition) is 8. The lowest BCUT2D eigenvalue weighted by Crippen LogP contribution is -2.63.